The van der Waals surface area contributed by atoms with E-state index < -0.39 is 36.6 Å². The first-order valence-electron chi connectivity index (χ1n) is 3.95. The molecule has 5 N–H and O–H groups in total. The van der Waals surface area contributed by atoms with Gasteiger partial charge in [-0.2, -0.15) is 0 Å². The number of hydrogen-bond donors (Lipinski definition) is 5. The Morgan fingerprint density at radius 1 is 0.786 bits per heavy atom. The highest BCUT2D eigenvalue weighted by atomic mass is 16.4. The lowest BCUT2D eigenvalue weighted by atomic mass is 9.84. The Hall–Kier alpha value is -0.890. The second-order valence-corrected chi connectivity index (χ2v) is 3.15. The molecule has 0 aliphatic heterocycles. The normalized spacial score (nSPS) is 48.4. The molecular formula is C6H11N3O5. The lowest BCUT2D eigenvalue weighted by molar-refractivity contribution is -0.184. The van der Waals surface area contributed by atoms with Crippen molar-refractivity contribution in [2.24, 2.45) is 5.11 Å². The molecule has 0 aromatic carbocycles. The van der Waals surface area contributed by atoms with Gasteiger partial charge in [0.25, 0.3) is 0 Å². The average Bonchev–Trinajstić information content (AvgIpc) is 2.19. The zero-order valence-electron chi connectivity index (χ0n) is 7.04. The molecule has 1 saturated carbocycles. The van der Waals surface area contributed by atoms with Crippen LogP contribution < -0.4 is 0 Å². The number of azide groups is 1. The molecule has 0 spiro atoms. The van der Waals surface area contributed by atoms with E-state index in [1.54, 1.807) is 0 Å². The molecule has 2 unspecified atom stereocenters. The fourth-order valence-corrected chi connectivity index (χ4v) is 1.41. The molecule has 6 atom stereocenters. The van der Waals surface area contributed by atoms with Gasteiger partial charge in [-0.15, -0.1) is 0 Å². The van der Waals surface area contributed by atoms with E-state index >= 15 is 0 Å². The molecule has 1 fully saturated rings. The van der Waals surface area contributed by atoms with Crippen LogP contribution in [0.1, 0.15) is 0 Å². The van der Waals surface area contributed by atoms with Gasteiger partial charge < -0.3 is 25.5 Å². The minimum atomic E-state index is -1.66. The average molecular weight is 205 g/mol. The van der Waals surface area contributed by atoms with Crippen LogP contribution in [-0.4, -0.2) is 62.1 Å². The molecule has 1 rings (SSSR count). The minimum Gasteiger partial charge on any atom is -0.390 e. The van der Waals surface area contributed by atoms with Crippen molar-refractivity contribution < 1.29 is 25.5 Å². The SMILES string of the molecule is [N-]=[N+]=NC1[C@@H](O)[C@H](O)C(O)[C@@H](O)[C@H]1O. The van der Waals surface area contributed by atoms with Crippen molar-refractivity contribution in [2.75, 3.05) is 0 Å². The topological polar surface area (TPSA) is 150 Å². The molecule has 1 aliphatic rings. The van der Waals surface area contributed by atoms with E-state index in [0.717, 1.165) is 0 Å². The van der Waals surface area contributed by atoms with Crippen LogP contribution in [0.15, 0.2) is 5.11 Å². The van der Waals surface area contributed by atoms with Crippen LogP contribution in [0, 0.1) is 0 Å². The first kappa shape index (κ1) is 11.2. The van der Waals surface area contributed by atoms with E-state index in [-0.39, 0.29) is 0 Å². The predicted octanol–water partition coefficient (Wildman–Crippen LogP) is -2.52. The van der Waals surface area contributed by atoms with Crippen LogP contribution in [0.25, 0.3) is 10.4 Å². The molecule has 0 radical (unpaired) electrons. The van der Waals surface area contributed by atoms with Gasteiger partial charge in [0.15, 0.2) is 0 Å². The largest absolute Gasteiger partial charge is 0.390 e. The van der Waals surface area contributed by atoms with Crippen molar-refractivity contribution in [1.29, 1.82) is 0 Å². The second kappa shape index (κ2) is 4.09. The quantitative estimate of drug-likeness (QED) is 0.182. The van der Waals surface area contributed by atoms with E-state index in [1.807, 2.05) is 0 Å². The fourth-order valence-electron chi connectivity index (χ4n) is 1.41. The van der Waals surface area contributed by atoms with Gasteiger partial charge in [0.1, 0.15) is 18.3 Å². The number of hydrogen-bond acceptors (Lipinski definition) is 6. The maximum atomic E-state index is 9.28. The summed E-state index contributed by atoms with van der Waals surface area (Å²) in [5.74, 6) is 0. The van der Waals surface area contributed by atoms with Gasteiger partial charge in [-0.05, 0) is 5.53 Å². The zero-order chi connectivity index (χ0) is 10.9. The molecule has 8 heteroatoms. The van der Waals surface area contributed by atoms with Crippen LogP contribution >= 0.6 is 0 Å². The van der Waals surface area contributed by atoms with E-state index in [9.17, 15) is 20.4 Å². The molecule has 80 valence electrons. The lowest BCUT2D eigenvalue weighted by Crippen LogP contribution is -2.62. The number of rotatable bonds is 1. The Labute approximate surface area is 78.7 Å². The van der Waals surface area contributed by atoms with Gasteiger partial charge in [0.2, 0.25) is 0 Å². The Balaban J connectivity index is 2.91. The molecule has 0 saturated heterocycles. The molecule has 0 bridgehead atoms. The Kier molecular flexibility index (Phi) is 3.27. The van der Waals surface area contributed by atoms with E-state index in [1.165, 1.54) is 0 Å². The second-order valence-electron chi connectivity index (χ2n) is 3.15. The molecule has 0 aromatic rings. The Morgan fingerprint density at radius 2 is 1.14 bits per heavy atom. The van der Waals surface area contributed by atoms with Crippen molar-refractivity contribution in [1.82, 2.24) is 0 Å². The monoisotopic (exact) mass is 205 g/mol. The highest BCUT2D eigenvalue weighted by molar-refractivity contribution is 5.02. The van der Waals surface area contributed by atoms with Crippen LogP contribution in [0.5, 0.6) is 0 Å². The molecule has 0 amide bonds. The lowest BCUT2D eigenvalue weighted by Gasteiger charge is -2.39. The van der Waals surface area contributed by atoms with Crippen molar-refractivity contribution in [3.63, 3.8) is 0 Å². The summed E-state index contributed by atoms with van der Waals surface area (Å²) in [5.41, 5.74) is 8.10. The summed E-state index contributed by atoms with van der Waals surface area (Å²) in [4.78, 5) is 2.36. The summed E-state index contributed by atoms with van der Waals surface area (Å²) in [6, 6.07) is -1.37. The van der Waals surface area contributed by atoms with Crippen molar-refractivity contribution in [2.45, 2.75) is 36.6 Å². The first-order valence-corrected chi connectivity index (χ1v) is 3.95. The maximum Gasteiger partial charge on any atom is 0.111 e. The summed E-state index contributed by atoms with van der Waals surface area (Å²) in [6.07, 6.45) is -8.16. The van der Waals surface area contributed by atoms with Gasteiger partial charge >= 0.3 is 0 Å². The third-order valence-corrected chi connectivity index (χ3v) is 2.28. The summed E-state index contributed by atoms with van der Waals surface area (Å²) in [6.45, 7) is 0. The maximum absolute atomic E-state index is 9.28. The van der Waals surface area contributed by atoms with E-state index in [2.05, 4.69) is 10.0 Å². The summed E-state index contributed by atoms with van der Waals surface area (Å²) in [5, 5.41) is 49.1. The van der Waals surface area contributed by atoms with Crippen molar-refractivity contribution >= 4 is 0 Å². The summed E-state index contributed by atoms with van der Waals surface area (Å²) in [7, 11) is 0. The highest BCUT2D eigenvalue weighted by Gasteiger charge is 2.47. The zero-order valence-corrected chi connectivity index (χ0v) is 7.04. The predicted molar refractivity (Wildman–Crippen MR) is 43.0 cm³/mol. The van der Waals surface area contributed by atoms with Crippen LogP contribution in [0.4, 0.5) is 0 Å². The van der Waals surface area contributed by atoms with Gasteiger partial charge in [-0.3, -0.25) is 0 Å². The number of aliphatic hydroxyl groups excluding tert-OH is 5. The standard InChI is InChI=1S/C6H11N3O5/c7-9-8-1-2(10)4(12)6(14)5(13)3(1)11/h1-6,10-14H/t1?,2-,3+,4-,5-,6?/m0/s1. The van der Waals surface area contributed by atoms with Crippen molar-refractivity contribution in [3.8, 4) is 0 Å². The molecule has 8 nitrogen and oxygen atoms in total. The molecule has 14 heavy (non-hydrogen) atoms. The van der Waals surface area contributed by atoms with Crippen molar-refractivity contribution in [3.05, 3.63) is 10.4 Å². The van der Waals surface area contributed by atoms with Crippen LogP contribution in [0.2, 0.25) is 0 Å². The third kappa shape index (κ3) is 1.67. The molecule has 0 aromatic heterocycles. The molecular weight excluding hydrogens is 194 g/mol. The van der Waals surface area contributed by atoms with Gasteiger partial charge in [-0.25, -0.2) is 0 Å². The first-order chi connectivity index (χ1) is 6.50. The van der Waals surface area contributed by atoms with Gasteiger partial charge in [0, 0.05) is 4.91 Å². The summed E-state index contributed by atoms with van der Waals surface area (Å²) < 4.78 is 0. The smallest absolute Gasteiger partial charge is 0.111 e. The van der Waals surface area contributed by atoms with Gasteiger partial charge in [0.05, 0.1) is 18.2 Å². The van der Waals surface area contributed by atoms with Crippen LogP contribution in [0.3, 0.4) is 0 Å². The Morgan fingerprint density at radius 3 is 1.50 bits per heavy atom. The minimum absolute atomic E-state index is 1.37. The van der Waals surface area contributed by atoms with E-state index in [4.69, 9.17) is 10.6 Å². The number of aliphatic hydroxyl groups is 5. The third-order valence-electron chi connectivity index (χ3n) is 2.28. The molecule has 1 aliphatic carbocycles. The highest BCUT2D eigenvalue weighted by Crippen LogP contribution is 2.23. The van der Waals surface area contributed by atoms with Gasteiger partial charge in [-0.1, -0.05) is 5.11 Å². The van der Waals surface area contributed by atoms with Crippen LogP contribution in [-0.2, 0) is 0 Å². The van der Waals surface area contributed by atoms with E-state index in [0.29, 0.717) is 0 Å². The summed E-state index contributed by atoms with van der Waals surface area (Å²) >= 11 is 0. The molecule has 0 heterocycles. The fraction of sp³-hybridized carbons (Fsp3) is 1.00. The Bertz CT molecular complexity index is 240. The number of nitrogens with zero attached hydrogens (tertiary/aromatic N) is 3.